The highest BCUT2D eigenvalue weighted by Gasteiger charge is 2.55. The van der Waals surface area contributed by atoms with Crippen LogP contribution in [0.5, 0.6) is 5.75 Å². The number of nitrogens with two attached hydrogens (primary N) is 1. The van der Waals surface area contributed by atoms with Gasteiger partial charge in [0.25, 0.3) is 0 Å². The van der Waals surface area contributed by atoms with Gasteiger partial charge in [-0.3, -0.25) is 13.9 Å². The summed E-state index contributed by atoms with van der Waals surface area (Å²) in [7, 11) is -4.39. The van der Waals surface area contributed by atoms with E-state index in [-0.39, 0.29) is 17.8 Å². The predicted octanol–water partition coefficient (Wildman–Crippen LogP) is 4.92. The van der Waals surface area contributed by atoms with Crippen LogP contribution < -0.4 is 15.3 Å². The molecule has 6 atom stereocenters. The van der Waals surface area contributed by atoms with Gasteiger partial charge in [0.1, 0.15) is 29.0 Å². The van der Waals surface area contributed by atoms with Gasteiger partial charge in [-0.2, -0.15) is 5.09 Å². The molecule has 0 aliphatic carbocycles. The fraction of sp³-hybridized carbons (Fsp3) is 0.433. The van der Waals surface area contributed by atoms with Crippen LogP contribution >= 0.6 is 7.75 Å². The van der Waals surface area contributed by atoms with E-state index in [1.165, 1.54) is 30.9 Å². The topological polar surface area (TPSA) is 160 Å². The monoisotopic (exact) mass is 629 g/mol. The average molecular weight is 630 g/mol. The highest BCUT2D eigenvalue weighted by molar-refractivity contribution is 7.52. The van der Waals surface area contributed by atoms with E-state index in [9.17, 15) is 14.5 Å². The van der Waals surface area contributed by atoms with Crippen LogP contribution in [0.1, 0.15) is 40.8 Å². The minimum absolute atomic E-state index is 0.131. The summed E-state index contributed by atoms with van der Waals surface area (Å²) in [5, 5.41) is 15.3. The number of rotatable bonds is 10. The van der Waals surface area contributed by atoms with Crippen LogP contribution in [-0.4, -0.2) is 62.7 Å². The molecule has 0 amide bonds. The molecule has 0 bridgehead atoms. The number of hydrogen-bond acceptors (Lipinski definition) is 10. The highest BCUT2D eigenvalue weighted by atomic mass is 31.2. The fourth-order valence-corrected chi connectivity index (χ4v) is 6.37. The zero-order valence-corrected chi connectivity index (χ0v) is 26.0. The summed E-state index contributed by atoms with van der Waals surface area (Å²) in [6, 6.07) is 12.9. The Morgan fingerprint density at radius 2 is 1.95 bits per heavy atom. The number of imidazole rings is 1. The van der Waals surface area contributed by atoms with Crippen LogP contribution in [0.15, 0.2) is 61.1 Å². The molecule has 14 heteroatoms. The SMILES string of the molecule is C[C@H](NP(=O)(OC[C@H]1O[C@@H](n2cnc3c(N)ccnc32)[C@](C)(O)[C@@H]1F)Oc1cccc2ccccc12)C(=O)OCC(C)(C)C. The first-order valence-electron chi connectivity index (χ1n) is 14.1. The Balaban J connectivity index is 1.39. The van der Waals surface area contributed by atoms with Crippen molar-refractivity contribution in [3.8, 4) is 5.75 Å². The third kappa shape index (κ3) is 6.57. The smallest absolute Gasteiger partial charge is 0.459 e. The summed E-state index contributed by atoms with van der Waals surface area (Å²) >= 11 is 0. The molecule has 0 spiro atoms. The van der Waals surface area contributed by atoms with Crippen molar-refractivity contribution in [2.24, 2.45) is 5.41 Å². The lowest BCUT2D eigenvalue weighted by molar-refractivity contribution is -0.148. The van der Waals surface area contributed by atoms with Crippen molar-refractivity contribution in [1.82, 2.24) is 19.6 Å². The van der Waals surface area contributed by atoms with E-state index in [2.05, 4.69) is 15.1 Å². The van der Waals surface area contributed by atoms with Crippen LogP contribution in [0.25, 0.3) is 21.9 Å². The van der Waals surface area contributed by atoms with Crippen molar-refractivity contribution < 1.29 is 37.4 Å². The molecule has 1 aliphatic rings. The molecule has 5 rings (SSSR count). The molecule has 0 radical (unpaired) electrons. The number of carbonyl (C=O) groups excluding carboxylic acids is 1. The van der Waals surface area contributed by atoms with E-state index in [4.69, 9.17) is 24.3 Å². The van der Waals surface area contributed by atoms with Crippen molar-refractivity contribution in [3.05, 3.63) is 61.1 Å². The van der Waals surface area contributed by atoms with Gasteiger partial charge >= 0.3 is 13.7 Å². The molecule has 2 aromatic carbocycles. The molecule has 1 fully saturated rings. The van der Waals surface area contributed by atoms with Crippen molar-refractivity contribution in [1.29, 1.82) is 0 Å². The minimum Gasteiger partial charge on any atom is -0.464 e. The number of anilines is 1. The highest BCUT2D eigenvalue weighted by Crippen LogP contribution is 2.49. The van der Waals surface area contributed by atoms with E-state index in [0.29, 0.717) is 22.2 Å². The average Bonchev–Trinajstić information content (AvgIpc) is 3.49. The maximum atomic E-state index is 15.7. The number of pyridine rings is 1. The number of carbonyl (C=O) groups is 1. The zero-order valence-electron chi connectivity index (χ0n) is 25.1. The number of fused-ring (bicyclic) bond motifs is 2. The first kappa shape index (κ1) is 31.8. The van der Waals surface area contributed by atoms with E-state index in [0.717, 1.165) is 5.39 Å². The minimum atomic E-state index is -4.39. The Labute approximate surface area is 254 Å². The molecular weight excluding hydrogens is 592 g/mol. The van der Waals surface area contributed by atoms with Gasteiger partial charge in [-0.05, 0) is 36.8 Å². The number of nitrogens with zero attached hydrogens (tertiary/aromatic N) is 3. The third-order valence-electron chi connectivity index (χ3n) is 7.16. The van der Waals surface area contributed by atoms with Crippen molar-refractivity contribution >= 4 is 41.3 Å². The number of aliphatic hydroxyl groups is 1. The van der Waals surface area contributed by atoms with Gasteiger partial charge in [0, 0.05) is 11.6 Å². The number of ether oxygens (including phenoxy) is 2. The second-order valence-electron chi connectivity index (χ2n) is 12.3. The van der Waals surface area contributed by atoms with Gasteiger partial charge < -0.3 is 24.8 Å². The maximum Gasteiger partial charge on any atom is 0.459 e. The quantitative estimate of drug-likeness (QED) is 0.161. The number of alkyl halides is 1. The van der Waals surface area contributed by atoms with E-state index in [1.54, 1.807) is 30.3 Å². The van der Waals surface area contributed by atoms with Gasteiger partial charge in [-0.1, -0.05) is 57.2 Å². The molecule has 4 N–H and O–H groups in total. The molecule has 2 aromatic heterocycles. The molecule has 4 aromatic rings. The first-order valence-corrected chi connectivity index (χ1v) is 15.7. The molecule has 1 aliphatic heterocycles. The Morgan fingerprint density at radius 3 is 2.70 bits per heavy atom. The van der Waals surface area contributed by atoms with Crippen molar-refractivity contribution in [2.75, 3.05) is 18.9 Å². The maximum absolute atomic E-state index is 15.7. The second kappa shape index (κ2) is 12.1. The number of halogens is 1. The Hall–Kier alpha value is -3.61. The van der Waals surface area contributed by atoms with Crippen LogP contribution in [0.2, 0.25) is 0 Å². The zero-order chi connectivity index (χ0) is 31.9. The fourth-order valence-electron chi connectivity index (χ4n) is 4.85. The molecule has 1 unspecified atom stereocenters. The Bertz CT molecular complexity index is 1700. The van der Waals surface area contributed by atoms with Gasteiger partial charge in [0.15, 0.2) is 18.0 Å². The first-order chi connectivity index (χ1) is 20.7. The lowest BCUT2D eigenvalue weighted by Crippen LogP contribution is -2.42. The third-order valence-corrected chi connectivity index (χ3v) is 8.79. The normalized spacial score (nSPS) is 24.3. The summed E-state index contributed by atoms with van der Waals surface area (Å²) in [4.78, 5) is 21.3. The molecule has 236 valence electrons. The lowest BCUT2D eigenvalue weighted by Gasteiger charge is -2.26. The van der Waals surface area contributed by atoms with Gasteiger partial charge in [-0.15, -0.1) is 0 Å². The Kier molecular flexibility index (Phi) is 8.71. The summed E-state index contributed by atoms with van der Waals surface area (Å²) in [6.07, 6.45) is -1.81. The standard InChI is InChI=1S/C30H37FN5O7P/c1-18(27(37)40-16-29(2,3)4)35-44(39,43-22-12-8-10-19-9-6-7-11-20(19)22)41-15-23-25(31)30(5,38)28(42-23)36-17-34-24-21(32)13-14-33-26(24)36/h6-14,17-18,23,25,28,38H,15-16H2,1-5H3,(H2,32,33)(H,35,39)/t18-,23+,25+,28+,30+,44?/m0/s1. The van der Waals surface area contributed by atoms with Crippen LogP contribution in [-0.2, 0) is 23.4 Å². The number of esters is 1. The van der Waals surface area contributed by atoms with Gasteiger partial charge in [0.2, 0.25) is 0 Å². The number of aromatic nitrogens is 3. The summed E-state index contributed by atoms with van der Waals surface area (Å²) < 4.78 is 54.4. The van der Waals surface area contributed by atoms with Crippen LogP contribution in [0.3, 0.4) is 0 Å². The summed E-state index contributed by atoms with van der Waals surface area (Å²) in [5.74, 6) is -0.454. The molecule has 0 saturated carbocycles. The lowest BCUT2D eigenvalue weighted by atomic mass is 9.98. The molecule has 3 heterocycles. The number of nitrogen functional groups attached to an aromatic ring is 1. The van der Waals surface area contributed by atoms with Gasteiger partial charge in [0.05, 0.1) is 25.2 Å². The van der Waals surface area contributed by atoms with E-state index < -0.39 is 50.5 Å². The van der Waals surface area contributed by atoms with Crippen LogP contribution in [0, 0.1) is 5.41 Å². The van der Waals surface area contributed by atoms with E-state index in [1.807, 2.05) is 39.0 Å². The number of benzene rings is 2. The van der Waals surface area contributed by atoms with Crippen molar-refractivity contribution in [3.63, 3.8) is 0 Å². The number of nitrogens with one attached hydrogen (secondary N) is 1. The second-order valence-corrected chi connectivity index (χ2v) is 14.0. The van der Waals surface area contributed by atoms with Crippen molar-refractivity contribution in [2.45, 2.75) is 64.8 Å². The molecule has 44 heavy (non-hydrogen) atoms. The summed E-state index contributed by atoms with van der Waals surface area (Å²) in [6.45, 7) is 7.99. The predicted molar refractivity (Wildman–Crippen MR) is 163 cm³/mol. The molecule has 12 nitrogen and oxygen atoms in total. The summed E-state index contributed by atoms with van der Waals surface area (Å²) in [5.41, 5.74) is 4.66. The van der Waals surface area contributed by atoms with Gasteiger partial charge in [-0.25, -0.2) is 18.9 Å². The Morgan fingerprint density at radius 1 is 1.23 bits per heavy atom. The molecule has 1 saturated heterocycles. The van der Waals surface area contributed by atoms with Crippen LogP contribution in [0.4, 0.5) is 10.1 Å². The van der Waals surface area contributed by atoms with E-state index >= 15 is 4.39 Å². The largest absolute Gasteiger partial charge is 0.464 e. The number of hydrogen-bond donors (Lipinski definition) is 3. The molecular formula is C30H37FN5O7P.